The van der Waals surface area contributed by atoms with E-state index in [9.17, 15) is 0 Å². The number of aryl methyl sites for hydroxylation is 3. The summed E-state index contributed by atoms with van der Waals surface area (Å²) in [6.07, 6.45) is 4.87. The van der Waals surface area contributed by atoms with Gasteiger partial charge in [0.05, 0.1) is 11.2 Å². The van der Waals surface area contributed by atoms with Gasteiger partial charge in [-0.1, -0.05) is 164 Å². The van der Waals surface area contributed by atoms with Crippen LogP contribution in [0, 0.1) is 20.8 Å². The lowest BCUT2D eigenvalue weighted by Gasteiger charge is -2.50. The summed E-state index contributed by atoms with van der Waals surface area (Å²) in [5, 5.41) is 0. The van der Waals surface area contributed by atoms with E-state index < -0.39 is 0 Å². The van der Waals surface area contributed by atoms with E-state index in [1.165, 1.54) is 137 Å². The molecule has 354 valence electrons. The number of hydrogen-bond donors (Lipinski definition) is 0. The second kappa shape index (κ2) is 16.1. The number of anilines is 8. The number of para-hydroxylation sites is 1. The van der Waals surface area contributed by atoms with Crippen molar-refractivity contribution in [1.82, 2.24) is 0 Å². The van der Waals surface area contributed by atoms with Crippen molar-refractivity contribution in [2.24, 2.45) is 0 Å². The van der Waals surface area contributed by atoms with E-state index in [4.69, 9.17) is 0 Å². The fourth-order valence-electron chi connectivity index (χ4n) is 13.5. The number of rotatable bonds is 5. The molecule has 0 bridgehead atoms. The lowest BCUT2D eigenvalue weighted by Crippen LogP contribution is -2.61. The molecular formula is C67H68BN3. The summed E-state index contributed by atoms with van der Waals surface area (Å²) in [7, 11) is 0. The van der Waals surface area contributed by atoms with Crippen molar-refractivity contribution in [3.63, 3.8) is 0 Å². The Labute approximate surface area is 424 Å². The Morgan fingerprint density at radius 3 is 1.82 bits per heavy atom. The van der Waals surface area contributed by atoms with Crippen LogP contribution in [0.1, 0.15) is 114 Å². The molecule has 0 N–H and O–H groups in total. The third-order valence-corrected chi connectivity index (χ3v) is 17.4. The van der Waals surface area contributed by atoms with E-state index in [0.717, 1.165) is 6.42 Å². The van der Waals surface area contributed by atoms with Crippen molar-refractivity contribution in [2.45, 2.75) is 124 Å². The van der Waals surface area contributed by atoms with Crippen LogP contribution in [0.2, 0.25) is 0 Å². The van der Waals surface area contributed by atoms with Crippen molar-refractivity contribution in [2.75, 3.05) is 14.7 Å². The molecule has 2 atom stereocenters. The first kappa shape index (κ1) is 45.4. The third kappa shape index (κ3) is 6.91. The molecule has 8 aromatic rings. The lowest BCUT2D eigenvalue weighted by atomic mass is 9.33. The van der Waals surface area contributed by atoms with Crippen LogP contribution in [0.4, 0.5) is 45.5 Å². The van der Waals surface area contributed by atoms with Crippen LogP contribution in [0.5, 0.6) is 0 Å². The van der Waals surface area contributed by atoms with Crippen LogP contribution >= 0.6 is 0 Å². The maximum atomic E-state index is 2.75. The molecule has 1 saturated carbocycles. The molecule has 3 aliphatic heterocycles. The van der Waals surface area contributed by atoms with E-state index >= 15 is 0 Å². The van der Waals surface area contributed by atoms with Gasteiger partial charge in [-0.25, -0.2) is 0 Å². The monoisotopic (exact) mass is 926 g/mol. The molecule has 0 spiro atoms. The van der Waals surface area contributed by atoms with Gasteiger partial charge in [0.2, 0.25) is 0 Å². The van der Waals surface area contributed by atoms with E-state index in [1.54, 1.807) is 0 Å². The van der Waals surface area contributed by atoms with Gasteiger partial charge in [-0.3, -0.25) is 0 Å². The minimum absolute atomic E-state index is 0.0223. The zero-order valence-electron chi connectivity index (χ0n) is 43.8. The van der Waals surface area contributed by atoms with Crippen molar-refractivity contribution in [3.05, 3.63) is 197 Å². The molecule has 71 heavy (non-hydrogen) atoms. The summed E-state index contributed by atoms with van der Waals surface area (Å²) >= 11 is 0. The van der Waals surface area contributed by atoms with Gasteiger partial charge in [-0.15, -0.1) is 0 Å². The maximum Gasteiger partial charge on any atom is 0.252 e. The van der Waals surface area contributed by atoms with Crippen LogP contribution < -0.4 is 31.1 Å². The summed E-state index contributed by atoms with van der Waals surface area (Å²) < 4.78 is 0. The van der Waals surface area contributed by atoms with Crippen molar-refractivity contribution >= 4 is 68.6 Å². The maximum absolute atomic E-state index is 2.75. The average Bonchev–Trinajstić information content (AvgIpc) is 3.56. The van der Waals surface area contributed by atoms with Gasteiger partial charge in [0.15, 0.2) is 0 Å². The zero-order chi connectivity index (χ0) is 49.4. The molecule has 0 saturated heterocycles. The summed E-state index contributed by atoms with van der Waals surface area (Å²) in [6.45, 7) is 25.8. The SMILES string of the molecule is Cc1cc2c3c(c1)N(c1ccc(C(C)(C)C)cc1-c1ccccc1)c1ccc(-c4c(C)cccc4C)cc1B3c1ccc(N3c4ccccc4C4(C)CCCCC34C)cc1N2c1ccc(C(C)(C)C)cc1. The van der Waals surface area contributed by atoms with Crippen LogP contribution in [0.3, 0.4) is 0 Å². The summed E-state index contributed by atoms with van der Waals surface area (Å²) in [4.78, 5) is 7.99. The molecule has 0 aromatic heterocycles. The molecule has 12 rings (SSSR count). The second-order valence-corrected chi connectivity index (χ2v) is 23.9. The average molecular weight is 926 g/mol. The van der Waals surface area contributed by atoms with Crippen LogP contribution in [-0.4, -0.2) is 12.3 Å². The van der Waals surface area contributed by atoms with Gasteiger partial charge >= 0.3 is 0 Å². The Balaban J connectivity index is 1.16. The second-order valence-electron chi connectivity index (χ2n) is 23.9. The number of hydrogen-bond acceptors (Lipinski definition) is 3. The highest BCUT2D eigenvalue weighted by Crippen LogP contribution is 2.61. The van der Waals surface area contributed by atoms with Crippen molar-refractivity contribution < 1.29 is 0 Å². The number of nitrogens with zero attached hydrogens (tertiary/aromatic N) is 3. The Bertz CT molecular complexity index is 3410. The number of fused-ring (bicyclic) bond motifs is 7. The van der Waals surface area contributed by atoms with Gasteiger partial charge < -0.3 is 14.7 Å². The largest absolute Gasteiger partial charge is 0.334 e. The molecule has 0 radical (unpaired) electrons. The highest BCUT2D eigenvalue weighted by atomic mass is 15.3. The van der Waals surface area contributed by atoms with Gasteiger partial charge in [0, 0.05) is 50.8 Å². The van der Waals surface area contributed by atoms with Gasteiger partial charge in [-0.05, 0) is 178 Å². The molecule has 4 heteroatoms. The highest BCUT2D eigenvalue weighted by Gasteiger charge is 2.58. The smallest absolute Gasteiger partial charge is 0.252 e. The highest BCUT2D eigenvalue weighted by molar-refractivity contribution is 7.00. The molecule has 3 nitrogen and oxygen atoms in total. The Morgan fingerprint density at radius 1 is 0.465 bits per heavy atom. The molecule has 1 aliphatic carbocycles. The first-order chi connectivity index (χ1) is 34.0. The van der Waals surface area contributed by atoms with Crippen LogP contribution in [0.15, 0.2) is 164 Å². The topological polar surface area (TPSA) is 9.72 Å². The van der Waals surface area contributed by atoms with Crippen LogP contribution in [0.25, 0.3) is 22.3 Å². The molecular weight excluding hydrogens is 858 g/mol. The van der Waals surface area contributed by atoms with Gasteiger partial charge in [-0.2, -0.15) is 0 Å². The quantitative estimate of drug-likeness (QED) is 0.159. The first-order valence-corrected chi connectivity index (χ1v) is 26.3. The summed E-state index contributed by atoms with van der Waals surface area (Å²) in [5.41, 5.74) is 27.0. The standard InChI is InChI=1S/C67H68BN3/c1-43-38-60-63-61(39-43)70(56-35-29-49(65(7,8)9)41-52(56)46-22-13-12-14-23-46)58-34-26-47(62-44(2)20-19-21-45(62)3)40-55(58)68(63)54-33-32-51(42-59(54)69(60)50-30-27-48(28-31-50)64(4,5)6)71-57-25-16-15-24-53(57)66(10)36-17-18-37-67(66,71)11/h12-16,19-35,38-42H,17-18,36-37H2,1-11H3. The van der Waals surface area contributed by atoms with Gasteiger partial charge in [0.25, 0.3) is 6.71 Å². The summed E-state index contributed by atoms with van der Waals surface area (Å²) in [5.74, 6) is 0. The first-order valence-electron chi connectivity index (χ1n) is 26.3. The van der Waals surface area contributed by atoms with E-state index in [0.29, 0.717) is 0 Å². The van der Waals surface area contributed by atoms with Crippen LogP contribution in [-0.2, 0) is 16.2 Å². The van der Waals surface area contributed by atoms with Crippen molar-refractivity contribution in [3.8, 4) is 22.3 Å². The summed E-state index contributed by atoms with van der Waals surface area (Å²) in [6, 6.07) is 63.7. The zero-order valence-corrected chi connectivity index (χ0v) is 43.8. The Morgan fingerprint density at radius 2 is 1.10 bits per heavy atom. The predicted molar refractivity (Wildman–Crippen MR) is 306 cm³/mol. The molecule has 0 amide bonds. The fraction of sp³-hybridized carbons (Fsp3) is 0.284. The normalized spacial score (nSPS) is 19.0. The molecule has 4 aliphatic rings. The van der Waals surface area contributed by atoms with E-state index in [-0.39, 0.29) is 28.5 Å². The minimum atomic E-state index is -0.0596. The molecule has 8 aromatic carbocycles. The minimum Gasteiger partial charge on any atom is -0.334 e. The Kier molecular flexibility index (Phi) is 10.3. The number of benzene rings is 8. The fourth-order valence-corrected chi connectivity index (χ4v) is 13.5. The molecule has 3 heterocycles. The van der Waals surface area contributed by atoms with E-state index in [1.807, 2.05) is 0 Å². The Hall–Kier alpha value is -6.78. The van der Waals surface area contributed by atoms with Crippen molar-refractivity contribution in [1.29, 1.82) is 0 Å². The lowest BCUT2D eigenvalue weighted by molar-refractivity contribution is 0.195. The predicted octanol–water partition coefficient (Wildman–Crippen LogP) is 16.4. The van der Waals surface area contributed by atoms with E-state index in [2.05, 4.69) is 255 Å². The molecule has 1 fully saturated rings. The third-order valence-electron chi connectivity index (χ3n) is 17.4. The molecule has 2 unspecified atom stereocenters. The van der Waals surface area contributed by atoms with Gasteiger partial charge in [0.1, 0.15) is 0 Å².